The molecule has 1 aromatic carbocycles. The smallest absolute Gasteiger partial charge is 0.254 e. The summed E-state index contributed by atoms with van der Waals surface area (Å²) in [4.78, 5) is 13.8. The lowest BCUT2D eigenvalue weighted by atomic mass is 10.1. The second-order valence-electron chi connectivity index (χ2n) is 3.75. The minimum Gasteiger partial charge on any atom is -0.338 e. The second kappa shape index (κ2) is 6.36. The molecule has 3 nitrogen and oxygen atoms in total. The van der Waals surface area contributed by atoms with Gasteiger partial charge in [0.25, 0.3) is 5.91 Å². The van der Waals surface area contributed by atoms with Crippen molar-refractivity contribution in [2.24, 2.45) is 0 Å². The molecule has 0 aromatic heterocycles. The third kappa shape index (κ3) is 3.68. The summed E-state index contributed by atoms with van der Waals surface area (Å²) in [5, 5.41) is 8.64. The van der Waals surface area contributed by atoms with E-state index in [9.17, 15) is 4.79 Å². The van der Waals surface area contributed by atoms with E-state index in [0.29, 0.717) is 12.0 Å². The van der Waals surface area contributed by atoms with Gasteiger partial charge in [0.1, 0.15) is 0 Å². The number of halogens is 2. The van der Waals surface area contributed by atoms with Crippen LogP contribution in [0.25, 0.3) is 0 Å². The number of benzene rings is 1. The molecule has 1 amide bonds. The summed E-state index contributed by atoms with van der Waals surface area (Å²) in [5.74, 6) is -0.0570. The number of carbonyl (C=O) groups is 1. The molecule has 1 atom stereocenters. The Balaban J connectivity index is 2.96. The molecule has 0 spiro atoms. The monoisotopic (exact) mass is 406 g/mol. The minimum atomic E-state index is -0.0812. The Morgan fingerprint density at radius 3 is 2.88 bits per heavy atom. The van der Waals surface area contributed by atoms with Gasteiger partial charge in [-0.2, -0.15) is 5.26 Å². The molecule has 0 saturated carbocycles. The van der Waals surface area contributed by atoms with Crippen molar-refractivity contribution >= 4 is 44.4 Å². The topological polar surface area (TPSA) is 44.1 Å². The van der Waals surface area contributed by atoms with Crippen LogP contribution in [0.5, 0.6) is 0 Å². The maximum Gasteiger partial charge on any atom is 0.254 e. The molecule has 0 radical (unpaired) electrons. The summed E-state index contributed by atoms with van der Waals surface area (Å²) in [5.41, 5.74) is 0.660. The zero-order chi connectivity index (χ0) is 13.0. The van der Waals surface area contributed by atoms with E-state index in [-0.39, 0.29) is 11.9 Å². The van der Waals surface area contributed by atoms with Crippen molar-refractivity contribution < 1.29 is 4.79 Å². The number of hydrogen-bond donors (Lipinski definition) is 0. The first-order valence-electron chi connectivity index (χ1n) is 5.06. The lowest BCUT2D eigenvalue weighted by molar-refractivity contribution is 0.0745. The Morgan fingerprint density at radius 1 is 1.65 bits per heavy atom. The fourth-order valence-electron chi connectivity index (χ4n) is 1.32. The molecule has 0 aliphatic heterocycles. The van der Waals surface area contributed by atoms with Crippen molar-refractivity contribution in [3.8, 4) is 6.07 Å². The number of carbonyl (C=O) groups excluding carboxylic acids is 1. The summed E-state index contributed by atoms with van der Waals surface area (Å²) < 4.78 is 1.79. The van der Waals surface area contributed by atoms with Crippen LogP contribution in [0, 0.1) is 14.9 Å². The highest BCUT2D eigenvalue weighted by Crippen LogP contribution is 2.20. The van der Waals surface area contributed by atoms with E-state index in [2.05, 4.69) is 44.6 Å². The van der Waals surface area contributed by atoms with Gasteiger partial charge in [0.2, 0.25) is 0 Å². The van der Waals surface area contributed by atoms with Crippen molar-refractivity contribution in [3.05, 3.63) is 31.8 Å². The van der Waals surface area contributed by atoms with Gasteiger partial charge in [-0.05, 0) is 47.7 Å². The summed E-state index contributed by atoms with van der Waals surface area (Å²) in [6.45, 7) is 1.87. The molecule has 0 saturated heterocycles. The van der Waals surface area contributed by atoms with E-state index in [4.69, 9.17) is 5.26 Å². The third-order valence-electron chi connectivity index (χ3n) is 2.53. The molecular weight excluding hydrogens is 395 g/mol. The van der Waals surface area contributed by atoms with Crippen LogP contribution in [0.2, 0.25) is 0 Å². The fraction of sp³-hybridized carbons (Fsp3) is 0.333. The van der Waals surface area contributed by atoms with E-state index in [1.165, 1.54) is 0 Å². The highest BCUT2D eigenvalue weighted by atomic mass is 127. The largest absolute Gasteiger partial charge is 0.338 e. The first kappa shape index (κ1) is 14.5. The number of amides is 1. The second-order valence-corrected chi connectivity index (χ2v) is 5.83. The molecule has 90 valence electrons. The van der Waals surface area contributed by atoms with Crippen LogP contribution in [0.3, 0.4) is 0 Å². The molecule has 17 heavy (non-hydrogen) atoms. The standard InChI is InChI=1S/C12H12BrIN2O/c1-8(5-6-15)16(2)12(17)10-7-9(13)3-4-11(10)14/h3-4,7-8H,5H2,1-2H3. The highest BCUT2D eigenvalue weighted by Gasteiger charge is 2.19. The number of hydrogen-bond acceptors (Lipinski definition) is 2. The Kier molecular flexibility index (Phi) is 5.40. The van der Waals surface area contributed by atoms with Gasteiger partial charge in [-0.25, -0.2) is 0 Å². The van der Waals surface area contributed by atoms with Crippen LogP contribution < -0.4 is 0 Å². The molecule has 0 aliphatic rings. The predicted octanol–water partition coefficient (Wildman–Crippen LogP) is 3.43. The van der Waals surface area contributed by atoms with Crippen LogP contribution in [-0.4, -0.2) is 23.9 Å². The first-order valence-corrected chi connectivity index (χ1v) is 6.93. The molecule has 1 aromatic rings. The first-order chi connectivity index (χ1) is 7.97. The molecule has 0 heterocycles. The van der Waals surface area contributed by atoms with Crippen LogP contribution in [0.15, 0.2) is 22.7 Å². The maximum atomic E-state index is 12.2. The molecule has 0 N–H and O–H groups in total. The lowest BCUT2D eigenvalue weighted by Crippen LogP contribution is -2.35. The minimum absolute atomic E-state index is 0.0570. The fourth-order valence-corrected chi connectivity index (χ4v) is 2.25. The van der Waals surface area contributed by atoms with E-state index >= 15 is 0 Å². The van der Waals surface area contributed by atoms with Crippen molar-refractivity contribution in [3.63, 3.8) is 0 Å². The Bertz CT molecular complexity index is 470. The normalized spacial score (nSPS) is 11.7. The van der Waals surface area contributed by atoms with Gasteiger partial charge >= 0.3 is 0 Å². The van der Waals surface area contributed by atoms with Gasteiger partial charge in [0.05, 0.1) is 18.1 Å². The van der Waals surface area contributed by atoms with Crippen molar-refractivity contribution in [2.45, 2.75) is 19.4 Å². The molecular formula is C12H12BrIN2O. The van der Waals surface area contributed by atoms with Gasteiger partial charge in [0, 0.05) is 21.1 Å². The Hall–Kier alpha value is -0.610. The molecule has 1 rings (SSSR count). The molecule has 0 aliphatic carbocycles. The van der Waals surface area contributed by atoms with E-state index in [1.807, 2.05) is 19.1 Å². The summed E-state index contributed by atoms with van der Waals surface area (Å²) in [7, 11) is 1.72. The molecule has 5 heteroatoms. The molecule has 0 fully saturated rings. The van der Waals surface area contributed by atoms with Gasteiger partial charge in [0.15, 0.2) is 0 Å². The summed E-state index contributed by atoms with van der Waals surface area (Å²) >= 11 is 5.49. The van der Waals surface area contributed by atoms with Crippen LogP contribution in [0.1, 0.15) is 23.7 Å². The average molecular weight is 407 g/mol. The van der Waals surface area contributed by atoms with E-state index < -0.39 is 0 Å². The van der Waals surface area contributed by atoms with Crippen molar-refractivity contribution in [1.29, 1.82) is 5.26 Å². The average Bonchev–Trinajstić information content (AvgIpc) is 2.30. The maximum absolute atomic E-state index is 12.2. The SMILES string of the molecule is CC(CC#N)N(C)C(=O)c1cc(Br)ccc1I. The number of nitriles is 1. The Labute approximate surface area is 123 Å². The number of rotatable bonds is 3. The zero-order valence-electron chi connectivity index (χ0n) is 9.58. The van der Waals surface area contributed by atoms with Gasteiger partial charge in [-0.1, -0.05) is 15.9 Å². The van der Waals surface area contributed by atoms with Crippen LogP contribution in [0.4, 0.5) is 0 Å². The summed E-state index contributed by atoms with van der Waals surface area (Å²) in [6.07, 6.45) is 0.340. The zero-order valence-corrected chi connectivity index (χ0v) is 13.3. The lowest BCUT2D eigenvalue weighted by Gasteiger charge is -2.23. The van der Waals surface area contributed by atoms with Gasteiger partial charge < -0.3 is 4.90 Å². The van der Waals surface area contributed by atoms with Crippen LogP contribution >= 0.6 is 38.5 Å². The van der Waals surface area contributed by atoms with Crippen molar-refractivity contribution in [2.75, 3.05) is 7.05 Å². The third-order valence-corrected chi connectivity index (χ3v) is 3.96. The number of nitrogens with zero attached hydrogens (tertiary/aromatic N) is 2. The van der Waals surface area contributed by atoms with E-state index in [1.54, 1.807) is 18.0 Å². The highest BCUT2D eigenvalue weighted by molar-refractivity contribution is 14.1. The van der Waals surface area contributed by atoms with Gasteiger partial charge in [-0.3, -0.25) is 4.79 Å². The van der Waals surface area contributed by atoms with E-state index in [0.717, 1.165) is 8.04 Å². The molecule has 0 bridgehead atoms. The quantitative estimate of drug-likeness (QED) is 0.722. The summed E-state index contributed by atoms with van der Waals surface area (Å²) in [6, 6.07) is 7.59. The van der Waals surface area contributed by atoms with Crippen molar-refractivity contribution in [1.82, 2.24) is 4.90 Å². The van der Waals surface area contributed by atoms with Crippen LogP contribution in [-0.2, 0) is 0 Å². The van der Waals surface area contributed by atoms with Gasteiger partial charge in [-0.15, -0.1) is 0 Å². The predicted molar refractivity (Wildman–Crippen MR) is 78.6 cm³/mol. The Morgan fingerprint density at radius 2 is 2.29 bits per heavy atom. The molecule has 1 unspecified atom stereocenters.